The van der Waals surface area contributed by atoms with E-state index in [9.17, 15) is 9.90 Å². The fourth-order valence-electron chi connectivity index (χ4n) is 4.67. The van der Waals surface area contributed by atoms with Crippen LogP contribution < -0.4 is 10.1 Å². The van der Waals surface area contributed by atoms with E-state index in [1.807, 2.05) is 24.3 Å². The van der Waals surface area contributed by atoms with Crippen LogP contribution in [-0.4, -0.2) is 50.4 Å². The molecule has 2 fully saturated rings. The largest absolute Gasteiger partial charge is 0.490 e. The molecule has 3 N–H and O–H groups in total. The zero-order valence-electron chi connectivity index (χ0n) is 16.7. The van der Waals surface area contributed by atoms with Gasteiger partial charge >= 0.3 is 5.97 Å². The monoisotopic (exact) mass is 461 g/mol. The van der Waals surface area contributed by atoms with Crippen LogP contribution in [-0.2, 0) is 4.79 Å². The average molecular weight is 462 g/mol. The van der Waals surface area contributed by atoms with E-state index in [1.165, 1.54) is 4.88 Å². The van der Waals surface area contributed by atoms with E-state index in [-0.39, 0.29) is 18.5 Å². The molecule has 1 saturated heterocycles. The molecule has 164 valence electrons. The first-order valence-electron chi connectivity index (χ1n) is 10.2. The summed E-state index contributed by atoms with van der Waals surface area (Å²) in [6, 6.07) is 9.74. The minimum atomic E-state index is -0.764. The lowest BCUT2D eigenvalue weighted by molar-refractivity contribution is -0.141. The van der Waals surface area contributed by atoms with Gasteiger partial charge in [-0.1, -0.05) is 12.1 Å². The van der Waals surface area contributed by atoms with E-state index in [2.05, 4.69) is 37.4 Å². The highest BCUT2D eigenvalue weighted by Gasteiger charge is 2.38. The van der Waals surface area contributed by atoms with Gasteiger partial charge in [0.15, 0.2) is 0 Å². The van der Waals surface area contributed by atoms with Gasteiger partial charge < -0.3 is 15.2 Å². The Hall–Kier alpha value is -2.49. The van der Waals surface area contributed by atoms with E-state index < -0.39 is 12.0 Å². The van der Waals surface area contributed by atoms with Crippen molar-refractivity contribution in [1.82, 2.24) is 25.9 Å². The van der Waals surface area contributed by atoms with Crippen molar-refractivity contribution < 1.29 is 14.6 Å². The highest BCUT2D eigenvalue weighted by atomic mass is 35.5. The lowest BCUT2D eigenvalue weighted by Gasteiger charge is -2.41. The first kappa shape index (κ1) is 21.7. The molecule has 0 radical (unpaired) electrons. The zero-order valence-corrected chi connectivity index (χ0v) is 18.4. The average Bonchev–Trinajstić information content (AvgIpc) is 3.47. The van der Waals surface area contributed by atoms with Crippen LogP contribution in [0.1, 0.15) is 25.7 Å². The molecule has 10 heteroatoms. The number of ether oxygens (including phenoxy) is 1. The topological polar surface area (TPSA) is 113 Å². The molecule has 1 aliphatic heterocycles. The predicted molar refractivity (Wildman–Crippen MR) is 119 cm³/mol. The van der Waals surface area contributed by atoms with Crippen LogP contribution in [0, 0.1) is 11.8 Å². The van der Waals surface area contributed by atoms with Crippen molar-refractivity contribution >= 4 is 29.7 Å². The van der Waals surface area contributed by atoms with Crippen molar-refractivity contribution in [3.8, 4) is 27.6 Å². The van der Waals surface area contributed by atoms with Crippen molar-refractivity contribution in [2.75, 3.05) is 6.54 Å². The highest BCUT2D eigenvalue weighted by Crippen LogP contribution is 2.40. The number of aliphatic carboxylic acids is 1. The van der Waals surface area contributed by atoms with Crippen molar-refractivity contribution in [2.45, 2.75) is 37.8 Å². The molecule has 0 spiro atoms. The van der Waals surface area contributed by atoms with Gasteiger partial charge in [0.05, 0.1) is 11.7 Å². The zero-order chi connectivity index (χ0) is 20.5. The summed E-state index contributed by atoms with van der Waals surface area (Å²) in [5.41, 5.74) is 1.90. The number of rotatable bonds is 5. The highest BCUT2D eigenvalue weighted by molar-refractivity contribution is 7.13. The summed E-state index contributed by atoms with van der Waals surface area (Å²) in [5.74, 6) is 1.37. The summed E-state index contributed by atoms with van der Waals surface area (Å²) in [7, 11) is 0. The Morgan fingerprint density at radius 1 is 1.19 bits per heavy atom. The van der Waals surface area contributed by atoms with Crippen molar-refractivity contribution in [3.63, 3.8) is 0 Å². The van der Waals surface area contributed by atoms with E-state index in [0.29, 0.717) is 24.1 Å². The molecule has 2 aromatic heterocycles. The first-order chi connectivity index (χ1) is 14.7. The summed E-state index contributed by atoms with van der Waals surface area (Å²) in [6.07, 6.45) is 3.56. The van der Waals surface area contributed by atoms with Gasteiger partial charge in [0, 0.05) is 4.88 Å². The number of carboxylic acids is 1. The number of H-pyrrole nitrogens is 1. The number of nitrogens with one attached hydrogen (secondary N) is 2. The van der Waals surface area contributed by atoms with Gasteiger partial charge in [-0.2, -0.15) is 5.21 Å². The van der Waals surface area contributed by atoms with Crippen molar-refractivity contribution in [3.05, 3.63) is 35.7 Å². The lowest BCUT2D eigenvalue weighted by atomic mass is 9.72. The van der Waals surface area contributed by atoms with Crippen LogP contribution >= 0.6 is 23.7 Å². The number of hydrogen-bond donors (Lipinski definition) is 3. The number of thiophene rings is 1. The summed E-state index contributed by atoms with van der Waals surface area (Å²) in [4.78, 5) is 12.6. The molecule has 1 saturated carbocycles. The van der Waals surface area contributed by atoms with Crippen LogP contribution in [0.25, 0.3) is 21.8 Å². The molecule has 5 rings (SSSR count). The van der Waals surface area contributed by atoms with Gasteiger partial charge in [-0.3, -0.25) is 4.79 Å². The standard InChI is InChI=1S/C21H23N5O3S.ClH/c27-21(28)17-9-14-8-15(5-3-13(14)11-22-17)29-18-10-12(19-2-1-7-30-19)4-6-16(18)20-23-25-26-24-20;/h1-2,4,6-7,10,13-15,17,22H,3,5,8-9,11H2,(H,27,28)(H,23,24,25,26);1H/t13-,14+,15-,17-;/m0./s1. The fraction of sp³-hybridized carbons (Fsp3) is 0.429. The third-order valence-corrected chi connectivity index (χ3v) is 7.14. The minimum Gasteiger partial charge on any atom is -0.490 e. The van der Waals surface area contributed by atoms with E-state index in [4.69, 9.17) is 4.74 Å². The van der Waals surface area contributed by atoms with Crippen LogP contribution in [0.15, 0.2) is 35.7 Å². The molecular weight excluding hydrogens is 438 g/mol. The van der Waals surface area contributed by atoms with Crippen LogP contribution in [0.4, 0.5) is 0 Å². The number of aromatic amines is 1. The molecule has 31 heavy (non-hydrogen) atoms. The smallest absolute Gasteiger partial charge is 0.320 e. The van der Waals surface area contributed by atoms with Crippen molar-refractivity contribution in [1.29, 1.82) is 0 Å². The number of hydrogen-bond acceptors (Lipinski definition) is 7. The maximum atomic E-state index is 11.4. The molecular formula is C21H24ClN5O3S. The second-order valence-corrected chi connectivity index (χ2v) is 8.98. The number of halogens is 1. The quantitative estimate of drug-likeness (QED) is 0.531. The Balaban J connectivity index is 0.00000231. The molecule has 2 aliphatic rings. The normalized spacial score (nSPS) is 25.3. The molecule has 3 aromatic rings. The summed E-state index contributed by atoms with van der Waals surface area (Å²) in [5, 5.41) is 29.1. The molecule has 0 amide bonds. The third-order valence-electron chi connectivity index (χ3n) is 6.22. The summed E-state index contributed by atoms with van der Waals surface area (Å²) >= 11 is 1.68. The SMILES string of the molecule is Cl.O=C(O)[C@@H]1C[C@H]2C[C@@H](Oc3cc(-c4cccs4)ccc3-c3nn[nH]n3)CC[C@H]2CN1. The van der Waals surface area contributed by atoms with Crippen molar-refractivity contribution in [2.24, 2.45) is 11.8 Å². The number of carbonyl (C=O) groups is 1. The van der Waals surface area contributed by atoms with E-state index in [1.54, 1.807) is 11.3 Å². The maximum Gasteiger partial charge on any atom is 0.320 e. The Morgan fingerprint density at radius 2 is 2.10 bits per heavy atom. The Labute approximate surface area is 189 Å². The summed E-state index contributed by atoms with van der Waals surface area (Å²) in [6.45, 7) is 0.774. The van der Waals surface area contributed by atoms with Gasteiger partial charge in [-0.05, 0) is 78.4 Å². The number of piperidine rings is 1. The Morgan fingerprint density at radius 3 is 2.84 bits per heavy atom. The van der Waals surface area contributed by atoms with Crippen LogP contribution in [0.2, 0.25) is 0 Å². The van der Waals surface area contributed by atoms with Crippen LogP contribution in [0.3, 0.4) is 0 Å². The number of nitrogens with zero attached hydrogens (tertiary/aromatic N) is 3. The van der Waals surface area contributed by atoms with Gasteiger partial charge in [-0.25, -0.2) is 0 Å². The number of tetrazole rings is 1. The van der Waals surface area contributed by atoms with Gasteiger partial charge in [0.1, 0.15) is 11.8 Å². The molecule has 3 heterocycles. The second-order valence-electron chi connectivity index (χ2n) is 8.03. The molecule has 1 aromatic carbocycles. The first-order valence-corrected chi connectivity index (χ1v) is 11.1. The predicted octanol–water partition coefficient (Wildman–Crippen LogP) is 3.63. The lowest BCUT2D eigenvalue weighted by Crippen LogP contribution is -2.50. The molecule has 0 bridgehead atoms. The number of benzene rings is 1. The van der Waals surface area contributed by atoms with Crippen LogP contribution in [0.5, 0.6) is 5.75 Å². The second kappa shape index (κ2) is 9.33. The molecule has 4 atom stereocenters. The van der Waals surface area contributed by atoms with Gasteiger partial charge in [-0.15, -0.1) is 33.9 Å². The van der Waals surface area contributed by atoms with Gasteiger partial charge in [0.2, 0.25) is 5.82 Å². The maximum absolute atomic E-state index is 11.4. The van der Waals surface area contributed by atoms with Gasteiger partial charge in [0.25, 0.3) is 0 Å². The molecule has 8 nitrogen and oxygen atoms in total. The molecule has 0 unspecified atom stereocenters. The minimum absolute atomic E-state index is 0. The van der Waals surface area contributed by atoms with E-state index >= 15 is 0 Å². The molecule has 1 aliphatic carbocycles. The fourth-order valence-corrected chi connectivity index (χ4v) is 5.40. The summed E-state index contributed by atoms with van der Waals surface area (Å²) < 4.78 is 6.51. The third kappa shape index (κ3) is 4.58. The number of carboxylic acid groups (broad SMARTS) is 1. The van der Waals surface area contributed by atoms with E-state index in [0.717, 1.165) is 42.7 Å². The number of aromatic nitrogens is 4. The Bertz CT molecular complexity index is 1010. The number of fused-ring (bicyclic) bond motifs is 1. The Kier molecular flexibility index (Phi) is 6.54.